The van der Waals surface area contributed by atoms with E-state index in [9.17, 15) is 9.59 Å². The standard InChI is InChI=1S/C17H22O4/c1-5-13(4)14-6-8-15(9-7-14)21-16(18)10-11-20-17(19)12(2)3/h6-9,13H,2,5,10-11H2,1,3-4H3. The van der Waals surface area contributed by atoms with Crippen molar-refractivity contribution in [3.63, 3.8) is 0 Å². The van der Waals surface area contributed by atoms with Crippen LogP contribution in [0, 0.1) is 0 Å². The van der Waals surface area contributed by atoms with Gasteiger partial charge in [-0.05, 0) is 37.0 Å². The van der Waals surface area contributed by atoms with Gasteiger partial charge in [0.25, 0.3) is 0 Å². The van der Waals surface area contributed by atoms with Gasteiger partial charge < -0.3 is 9.47 Å². The summed E-state index contributed by atoms with van der Waals surface area (Å²) in [6.07, 6.45) is 1.08. The normalized spacial score (nSPS) is 11.6. The molecule has 0 saturated carbocycles. The lowest BCUT2D eigenvalue weighted by Crippen LogP contribution is -2.14. The van der Waals surface area contributed by atoms with Gasteiger partial charge in [0.1, 0.15) is 12.4 Å². The maximum Gasteiger partial charge on any atom is 0.333 e. The first-order valence-corrected chi connectivity index (χ1v) is 7.07. The minimum Gasteiger partial charge on any atom is -0.462 e. The van der Waals surface area contributed by atoms with Gasteiger partial charge in [0.15, 0.2) is 0 Å². The van der Waals surface area contributed by atoms with Crippen molar-refractivity contribution in [1.29, 1.82) is 0 Å². The van der Waals surface area contributed by atoms with Crippen molar-refractivity contribution in [1.82, 2.24) is 0 Å². The number of carbonyl (C=O) groups excluding carboxylic acids is 2. The van der Waals surface area contributed by atoms with Crippen LogP contribution in [0.15, 0.2) is 36.4 Å². The molecule has 4 nitrogen and oxygen atoms in total. The predicted octanol–water partition coefficient (Wildman–Crippen LogP) is 3.61. The van der Waals surface area contributed by atoms with E-state index in [1.165, 1.54) is 5.56 Å². The average Bonchev–Trinajstić information content (AvgIpc) is 2.46. The summed E-state index contributed by atoms with van der Waals surface area (Å²) in [7, 11) is 0. The van der Waals surface area contributed by atoms with E-state index in [2.05, 4.69) is 20.4 Å². The van der Waals surface area contributed by atoms with Gasteiger partial charge in [-0.15, -0.1) is 0 Å². The molecule has 21 heavy (non-hydrogen) atoms. The number of rotatable bonds is 7. The van der Waals surface area contributed by atoms with Crippen molar-refractivity contribution in [2.75, 3.05) is 6.61 Å². The third-order valence-electron chi connectivity index (χ3n) is 3.18. The lowest BCUT2D eigenvalue weighted by atomic mass is 9.99. The maximum absolute atomic E-state index is 11.6. The van der Waals surface area contributed by atoms with E-state index in [1.54, 1.807) is 19.1 Å². The van der Waals surface area contributed by atoms with Gasteiger partial charge in [0.05, 0.1) is 6.42 Å². The highest BCUT2D eigenvalue weighted by Crippen LogP contribution is 2.21. The van der Waals surface area contributed by atoms with Crippen LogP contribution in [-0.2, 0) is 14.3 Å². The fourth-order valence-corrected chi connectivity index (χ4v) is 1.63. The Hall–Kier alpha value is -2.10. The van der Waals surface area contributed by atoms with Crippen LogP contribution in [0.1, 0.15) is 45.1 Å². The Bertz CT molecular complexity index is 502. The van der Waals surface area contributed by atoms with Crippen LogP contribution < -0.4 is 4.74 Å². The minimum absolute atomic E-state index is 0.00449. The van der Waals surface area contributed by atoms with Gasteiger partial charge in [0, 0.05) is 5.57 Å². The van der Waals surface area contributed by atoms with E-state index in [4.69, 9.17) is 9.47 Å². The highest BCUT2D eigenvalue weighted by Gasteiger charge is 2.09. The largest absolute Gasteiger partial charge is 0.462 e. The highest BCUT2D eigenvalue weighted by atomic mass is 16.5. The van der Waals surface area contributed by atoms with E-state index >= 15 is 0 Å². The Balaban J connectivity index is 2.41. The molecule has 0 radical (unpaired) electrons. The second kappa shape index (κ2) is 8.25. The van der Waals surface area contributed by atoms with Crippen molar-refractivity contribution in [3.05, 3.63) is 42.0 Å². The third kappa shape index (κ3) is 5.81. The van der Waals surface area contributed by atoms with Gasteiger partial charge in [0.2, 0.25) is 0 Å². The fourth-order valence-electron chi connectivity index (χ4n) is 1.63. The molecule has 1 atom stereocenters. The summed E-state index contributed by atoms with van der Waals surface area (Å²) < 4.78 is 10.0. The molecule has 0 aliphatic heterocycles. The van der Waals surface area contributed by atoms with Crippen molar-refractivity contribution in [3.8, 4) is 5.75 Å². The molecule has 0 aliphatic rings. The highest BCUT2D eigenvalue weighted by molar-refractivity contribution is 5.87. The van der Waals surface area contributed by atoms with Crippen LogP contribution >= 0.6 is 0 Å². The van der Waals surface area contributed by atoms with E-state index in [1.807, 2.05) is 12.1 Å². The van der Waals surface area contributed by atoms with Crippen molar-refractivity contribution < 1.29 is 19.1 Å². The molecule has 0 N–H and O–H groups in total. The summed E-state index contributed by atoms with van der Waals surface area (Å²) in [4.78, 5) is 22.7. The molecule has 0 amide bonds. The molecule has 1 unspecified atom stereocenters. The quantitative estimate of drug-likeness (QED) is 0.437. The number of hydrogen-bond donors (Lipinski definition) is 0. The van der Waals surface area contributed by atoms with E-state index in [-0.39, 0.29) is 13.0 Å². The van der Waals surface area contributed by atoms with Crippen LogP contribution in [0.3, 0.4) is 0 Å². The SMILES string of the molecule is C=C(C)C(=O)OCCC(=O)Oc1ccc(C(C)CC)cc1. The first-order valence-electron chi connectivity index (χ1n) is 7.07. The number of ether oxygens (including phenoxy) is 2. The van der Waals surface area contributed by atoms with Crippen LogP contribution in [0.25, 0.3) is 0 Å². The van der Waals surface area contributed by atoms with E-state index in [0.717, 1.165) is 6.42 Å². The van der Waals surface area contributed by atoms with E-state index < -0.39 is 11.9 Å². The first kappa shape index (κ1) is 17.0. The zero-order valence-corrected chi connectivity index (χ0v) is 12.8. The van der Waals surface area contributed by atoms with Gasteiger partial charge >= 0.3 is 11.9 Å². The average molecular weight is 290 g/mol. The summed E-state index contributed by atoms with van der Waals surface area (Å²) >= 11 is 0. The molecule has 1 rings (SSSR count). The zero-order valence-electron chi connectivity index (χ0n) is 12.8. The summed E-state index contributed by atoms with van der Waals surface area (Å²) in [5, 5.41) is 0. The Morgan fingerprint density at radius 1 is 1.24 bits per heavy atom. The number of hydrogen-bond acceptors (Lipinski definition) is 4. The molecule has 0 heterocycles. The molecule has 0 spiro atoms. The summed E-state index contributed by atoms with van der Waals surface area (Å²) in [5.74, 6) is 0.0519. The lowest BCUT2D eigenvalue weighted by molar-refractivity contribution is -0.142. The van der Waals surface area contributed by atoms with Crippen LogP contribution in [0.5, 0.6) is 5.75 Å². The maximum atomic E-state index is 11.6. The fraction of sp³-hybridized carbons (Fsp3) is 0.412. The number of esters is 2. The lowest BCUT2D eigenvalue weighted by Gasteiger charge is -2.10. The van der Waals surface area contributed by atoms with Crippen molar-refractivity contribution in [2.45, 2.75) is 39.5 Å². The molecule has 0 aliphatic carbocycles. The molecule has 4 heteroatoms. The number of benzene rings is 1. The van der Waals surface area contributed by atoms with Gasteiger partial charge in [-0.2, -0.15) is 0 Å². The zero-order chi connectivity index (χ0) is 15.8. The molecule has 1 aromatic carbocycles. The Labute approximate surface area is 125 Å². The first-order chi connectivity index (χ1) is 9.93. The Morgan fingerprint density at radius 2 is 1.86 bits per heavy atom. The molecule has 1 aromatic rings. The van der Waals surface area contributed by atoms with Gasteiger partial charge in [-0.3, -0.25) is 4.79 Å². The molecule has 0 aromatic heterocycles. The van der Waals surface area contributed by atoms with Crippen LogP contribution in [0.2, 0.25) is 0 Å². The van der Waals surface area contributed by atoms with Gasteiger partial charge in [-0.25, -0.2) is 4.79 Å². The Kier molecular flexibility index (Phi) is 6.66. The summed E-state index contributed by atoms with van der Waals surface area (Å²) in [6.45, 7) is 9.29. The molecule has 114 valence electrons. The third-order valence-corrected chi connectivity index (χ3v) is 3.18. The smallest absolute Gasteiger partial charge is 0.333 e. The molecular weight excluding hydrogens is 268 g/mol. The number of carbonyl (C=O) groups is 2. The van der Waals surface area contributed by atoms with Gasteiger partial charge in [-0.1, -0.05) is 32.6 Å². The minimum atomic E-state index is -0.499. The van der Waals surface area contributed by atoms with Crippen molar-refractivity contribution in [2.24, 2.45) is 0 Å². The van der Waals surface area contributed by atoms with Crippen LogP contribution in [-0.4, -0.2) is 18.5 Å². The van der Waals surface area contributed by atoms with Crippen LogP contribution in [0.4, 0.5) is 0 Å². The topological polar surface area (TPSA) is 52.6 Å². The second-order valence-corrected chi connectivity index (χ2v) is 5.02. The van der Waals surface area contributed by atoms with Crippen molar-refractivity contribution >= 4 is 11.9 Å². The second-order valence-electron chi connectivity index (χ2n) is 5.02. The molecule has 0 fully saturated rings. The Morgan fingerprint density at radius 3 is 2.38 bits per heavy atom. The molecule has 0 saturated heterocycles. The molecular formula is C17H22O4. The molecule has 0 bridgehead atoms. The predicted molar refractivity (Wildman–Crippen MR) is 81.2 cm³/mol. The van der Waals surface area contributed by atoms with E-state index in [0.29, 0.717) is 17.2 Å². The monoisotopic (exact) mass is 290 g/mol. The summed E-state index contributed by atoms with van der Waals surface area (Å²) in [5.41, 5.74) is 1.52. The summed E-state index contributed by atoms with van der Waals surface area (Å²) in [6, 6.07) is 7.47.